The van der Waals surface area contributed by atoms with Crippen LogP contribution >= 0.6 is 0 Å². The summed E-state index contributed by atoms with van der Waals surface area (Å²) in [4.78, 5) is 11.6. The van der Waals surface area contributed by atoms with Crippen LogP contribution in [0.1, 0.15) is 51.9 Å². The average Bonchev–Trinajstić information content (AvgIpc) is 2.47. The summed E-state index contributed by atoms with van der Waals surface area (Å²) in [5, 5.41) is 9.58. The van der Waals surface area contributed by atoms with E-state index in [1.165, 1.54) is 0 Å². The van der Waals surface area contributed by atoms with Crippen molar-refractivity contribution < 1.29 is 19.4 Å². The molecule has 21 heavy (non-hydrogen) atoms. The number of hydrogen-bond acceptors (Lipinski definition) is 3. The highest BCUT2D eigenvalue weighted by atomic mass is 16.5. The van der Waals surface area contributed by atoms with Crippen molar-refractivity contribution in [2.75, 3.05) is 19.8 Å². The molecule has 0 aromatic heterocycles. The van der Waals surface area contributed by atoms with Gasteiger partial charge in [-0.25, -0.2) is 0 Å². The van der Waals surface area contributed by atoms with Gasteiger partial charge in [-0.2, -0.15) is 0 Å². The van der Waals surface area contributed by atoms with Crippen LogP contribution in [0.25, 0.3) is 0 Å². The molecule has 0 aromatic rings. The van der Waals surface area contributed by atoms with E-state index in [0.717, 1.165) is 64.8 Å². The Morgan fingerprint density at radius 2 is 1.90 bits per heavy atom. The van der Waals surface area contributed by atoms with Crippen LogP contribution in [0.4, 0.5) is 0 Å². The molecule has 2 saturated heterocycles. The number of carboxylic acids is 1. The summed E-state index contributed by atoms with van der Waals surface area (Å²) >= 11 is 0. The molecule has 3 rings (SSSR count). The third kappa shape index (κ3) is 3.26. The Morgan fingerprint density at radius 3 is 2.62 bits per heavy atom. The first-order chi connectivity index (χ1) is 10.1. The fraction of sp³-hybridized carbons (Fsp3) is 0.941. The van der Waals surface area contributed by atoms with E-state index in [2.05, 4.69) is 6.92 Å². The van der Waals surface area contributed by atoms with E-state index in [4.69, 9.17) is 9.47 Å². The van der Waals surface area contributed by atoms with Gasteiger partial charge in [-0.1, -0.05) is 6.92 Å². The summed E-state index contributed by atoms with van der Waals surface area (Å²) in [6, 6.07) is 0. The molecule has 4 nitrogen and oxygen atoms in total. The van der Waals surface area contributed by atoms with E-state index in [0.29, 0.717) is 17.8 Å². The lowest BCUT2D eigenvalue weighted by Crippen LogP contribution is -2.47. The maximum absolute atomic E-state index is 11.6. The SMILES string of the molecule is CC1CCC(C(=O)O)C(C2CCOC3(CCOCC3)C2)C1. The lowest BCUT2D eigenvalue weighted by molar-refractivity contribution is -0.164. The fourth-order valence-corrected chi connectivity index (χ4v) is 4.78. The standard InChI is InChI=1S/C17H28O4/c1-12-2-3-14(16(18)19)15(10-12)13-4-7-21-17(11-13)5-8-20-9-6-17/h12-15H,2-11H2,1H3,(H,18,19). The van der Waals surface area contributed by atoms with Crippen molar-refractivity contribution >= 4 is 5.97 Å². The number of carbonyl (C=O) groups is 1. The van der Waals surface area contributed by atoms with Gasteiger partial charge in [0, 0.05) is 19.8 Å². The van der Waals surface area contributed by atoms with Crippen LogP contribution < -0.4 is 0 Å². The molecule has 0 radical (unpaired) electrons. The first kappa shape index (κ1) is 15.3. The second kappa shape index (κ2) is 6.25. The Labute approximate surface area is 127 Å². The quantitative estimate of drug-likeness (QED) is 0.850. The van der Waals surface area contributed by atoms with E-state index in [9.17, 15) is 9.90 Å². The van der Waals surface area contributed by atoms with Crippen molar-refractivity contribution in [3.8, 4) is 0 Å². The smallest absolute Gasteiger partial charge is 0.306 e. The second-order valence-electron chi connectivity index (χ2n) is 7.42. The predicted molar refractivity (Wildman–Crippen MR) is 79.1 cm³/mol. The number of ether oxygens (including phenoxy) is 2. The van der Waals surface area contributed by atoms with Crippen LogP contribution in [0.5, 0.6) is 0 Å². The molecule has 0 aromatic carbocycles. The minimum Gasteiger partial charge on any atom is -0.481 e. The zero-order valence-corrected chi connectivity index (χ0v) is 13.1. The van der Waals surface area contributed by atoms with Gasteiger partial charge < -0.3 is 14.6 Å². The van der Waals surface area contributed by atoms with Gasteiger partial charge in [-0.05, 0) is 62.7 Å². The van der Waals surface area contributed by atoms with Crippen LogP contribution in [0.15, 0.2) is 0 Å². The zero-order chi connectivity index (χ0) is 14.9. The van der Waals surface area contributed by atoms with Crippen molar-refractivity contribution in [2.45, 2.75) is 57.5 Å². The van der Waals surface area contributed by atoms with Crippen LogP contribution in [-0.4, -0.2) is 36.5 Å². The highest BCUT2D eigenvalue weighted by Gasteiger charge is 2.45. The molecule has 120 valence electrons. The Balaban J connectivity index is 1.72. The molecule has 3 aliphatic rings. The van der Waals surface area contributed by atoms with Crippen LogP contribution in [-0.2, 0) is 14.3 Å². The van der Waals surface area contributed by atoms with Gasteiger partial charge >= 0.3 is 5.97 Å². The number of hydrogen-bond donors (Lipinski definition) is 1. The largest absolute Gasteiger partial charge is 0.481 e. The van der Waals surface area contributed by atoms with Crippen molar-refractivity contribution in [2.24, 2.45) is 23.7 Å². The number of rotatable bonds is 2. The molecular weight excluding hydrogens is 268 g/mol. The van der Waals surface area contributed by atoms with Crippen molar-refractivity contribution in [1.82, 2.24) is 0 Å². The summed E-state index contributed by atoms with van der Waals surface area (Å²) in [5.41, 5.74) is -0.0229. The third-order valence-electron chi connectivity index (χ3n) is 6.02. The average molecular weight is 296 g/mol. The Bertz CT molecular complexity index is 369. The highest BCUT2D eigenvalue weighted by molar-refractivity contribution is 5.70. The maximum atomic E-state index is 11.6. The van der Waals surface area contributed by atoms with Crippen LogP contribution in [0.2, 0.25) is 0 Å². The lowest BCUT2D eigenvalue weighted by atomic mass is 9.64. The highest BCUT2D eigenvalue weighted by Crippen LogP contribution is 2.46. The Kier molecular flexibility index (Phi) is 4.55. The monoisotopic (exact) mass is 296 g/mol. The predicted octanol–water partition coefficient (Wildman–Crippen LogP) is 3.10. The zero-order valence-electron chi connectivity index (χ0n) is 13.1. The molecule has 3 fully saturated rings. The number of aliphatic carboxylic acids is 1. The summed E-state index contributed by atoms with van der Waals surface area (Å²) < 4.78 is 11.6. The molecule has 0 bridgehead atoms. The summed E-state index contributed by atoms with van der Waals surface area (Å²) in [6.07, 6.45) is 7.02. The van der Waals surface area contributed by atoms with E-state index >= 15 is 0 Å². The molecule has 2 aliphatic heterocycles. The van der Waals surface area contributed by atoms with Gasteiger partial charge in [0.1, 0.15) is 0 Å². The molecule has 2 heterocycles. The van der Waals surface area contributed by atoms with Crippen molar-refractivity contribution in [3.63, 3.8) is 0 Å². The topological polar surface area (TPSA) is 55.8 Å². The van der Waals surface area contributed by atoms with Crippen LogP contribution in [0.3, 0.4) is 0 Å². The minimum absolute atomic E-state index is 0.0229. The van der Waals surface area contributed by atoms with Gasteiger partial charge in [-0.3, -0.25) is 4.79 Å². The fourth-order valence-electron chi connectivity index (χ4n) is 4.78. The molecule has 1 spiro atoms. The molecule has 1 N–H and O–H groups in total. The molecule has 0 amide bonds. The molecule has 4 atom stereocenters. The van der Waals surface area contributed by atoms with E-state index in [1.807, 2.05) is 0 Å². The van der Waals surface area contributed by atoms with E-state index in [-0.39, 0.29) is 11.5 Å². The molecule has 4 unspecified atom stereocenters. The van der Waals surface area contributed by atoms with Crippen LogP contribution in [0, 0.1) is 23.7 Å². The Morgan fingerprint density at radius 1 is 1.14 bits per heavy atom. The van der Waals surface area contributed by atoms with Gasteiger partial charge in [-0.15, -0.1) is 0 Å². The molecular formula is C17H28O4. The minimum atomic E-state index is -0.584. The van der Waals surface area contributed by atoms with Gasteiger partial charge in [0.05, 0.1) is 11.5 Å². The van der Waals surface area contributed by atoms with E-state index in [1.54, 1.807) is 0 Å². The van der Waals surface area contributed by atoms with Gasteiger partial charge in [0.25, 0.3) is 0 Å². The maximum Gasteiger partial charge on any atom is 0.306 e. The summed E-state index contributed by atoms with van der Waals surface area (Å²) in [7, 11) is 0. The molecule has 4 heteroatoms. The van der Waals surface area contributed by atoms with Gasteiger partial charge in [0.15, 0.2) is 0 Å². The lowest BCUT2D eigenvalue weighted by Gasteiger charge is -2.47. The summed E-state index contributed by atoms with van der Waals surface area (Å²) in [5.74, 6) is 0.801. The third-order valence-corrected chi connectivity index (χ3v) is 6.02. The second-order valence-corrected chi connectivity index (χ2v) is 7.42. The molecule has 1 aliphatic carbocycles. The Hall–Kier alpha value is -0.610. The summed E-state index contributed by atoms with van der Waals surface area (Å²) in [6.45, 7) is 4.64. The first-order valence-electron chi connectivity index (χ1n) is 8.54. The van der Waals surface area contributed by atoms with Crippen molar-refractivity contribution in [3.05, 3.63) is 0 Å². The number of carboxylic acid groups (broad SMARTS) is 1. The molecule has 1 saturated carbocycles. The first-order valence-corrected chi connectivity index (χ1v) is 8.54. The van der Waals surface area contributed by atoms with Gasteiger partial charge in [0.2, 0.25) is 0 Å². The van der Waals surface area contributed by atoms with E-state index < -0.39 is 5.97 Å². The normalized spacial score (nSPS) is 40.0. The van der Waals surface area contributed by atoms with Crippen molar-refractivity contribution in [1.29, 1.82) is 0 Å².